The molecular formula is C17H34N2O9. The van der Waals surface area contributed by atoms with Gasteiger partial charge in [-0.15, -0.1) is 0 Å². The van der Waals surface area contributed by atoms with Crippen molar-refractivity contribution >= 4 is 6.09 Å². The highest BCUT2D eigenvalue weighted by Crippen LogP contribution is 2.19. The fourth-order valence-electron chi connectivity index (χ4n) is 2.48. The van der Waals surface area contributed by atoms with E-state index in [2.05, 4.69) is 10.6 Å². The number of carbonyl (C=O) groups excluding carboxylic acids is 1. The average Bonchev–Trinajstić information content (AvgIpc) is 2.60. The molecule has 1 fully saturated rings. The van der Waals surface area contributed by atoms with Gasteiger partial charge in [0.05, 0.1) is 39.1 Å². The first-order valence-corrected chi connectivity index (χ1v) is 9.32. The summed E-state index contributed by atoms with van der Waals surface area (Å²) in [5.41, 5.74) is -0.540. The van der Waals surface area contributed by atoms with Crippen LogP contribution in [0.5, 0.6) is 0 Å². The number of aliphatic hydroxyl groups excluding tert-OH is 4. The molecule has 0 spiro atoms. The third kappa shape index (κ3) is 9.43. The van der Waals surface area contributed by atoms with Gasteiger partial charge in [0, 0.05) is 13.1 Å². The number of rotatable bonds is 11. The van der Waals surface area contributed by atoms with E-state index in [1.807, 2.05) is 0 Å². The molecule has 1 heterocycles. The molecule has 0 bridgehead atoms. The van der Waals surface area contributed by atoms with E-state index in [0.717, 1.165) is 0 Å². The van der Waals surface area contributed by atoms with Gasteiger partial charge >= 0.3 is 6.09 Å². The zero-order chi connectivity index (χ0) is 21.2. The number of aliphatic hydroxyl groups is 4. The topological polar surface area (TPSA) is 159 Å². The summed E-state index contributed by atoms with van der Waals surface area (Å²) in [6.07, 6.45) is -5.45. The van der Waals surface area contributed by atoms with Crippen LogP contribution in [0.1, 0.15) is 20.8 Å². The Morgan fingerprint density at radius 2 is 1.61 bits per heavy atom. The van der Waals surface area contributed by atoms with Crippen LogP contribution in [0.2, 0.25) is 0 Å². The summed E-state index contributed by atoms with van der Waals surface area (Å²) < 4.78 is 20.8. The number of nitrogens with one attached hydrogen (secondary N) is 2. The molecule has 28 heavy (non-hydrogen) atoms. The fourth-order valence-corrected chi connectivity index (χ4v) is 2.48. The first kappa shape index (κ1) is 25.0. The Bertz CT molecular complexity index is 447. The second-order valence-electron chi connectivity index (χ2n) is 7.36. The van der Waals surface area contributed by atoms with Crippen LogP contribution in [-0.4, -0.2) is 109 Å². The summed E-state index contributed by atoms with van der Waals surface area (Å²) in [5.74, 6) is 0. The molecule has 5 atom stereocenters. The monoisotopic (exact) mass is 410 g/mol. The van der Waals surface area contributed by atoms with Crippen LogP contribution in [-0.2, 0) is 18.9 Å². The zero-order valence-electron chi connectivity index (χ0n) is 16.7. The van der Waals surface area contributed by atoms with Crippen LogP contribution in [0, 0.1) is 0 Å². The number of carbonyl (C=O) groups is 1. The number of hydrogen-bond donors (Lipinski definition) is 6. The van der Waals surface area contributed by atoms with Gasteiger partial charge in [0.1, 0.15) is 23.9 Å². The van der Waals surface area contributed by atoms with Crippen molar-refractivity contribution in [2.24, 2.45) is 0 Å². The van der Waals surface area contributed by atoms with E-state index in [4.69, 9.17) is 24.1 Å². The molecule has 0 radical (unpaired) electrons. The summed E-state index contributed by atoms with van der Waals surface area (Å²) in [6, 6.07) is -0.892. The Balaban J connectivity index is 2.01. The first-order valence-electron chi connectivity index (χ1n) is 9.32. The summed E-state index contributed by atoms with van der Waals surface area (Å²) in [7, 11) is 0. The third-order valence-corrected chi connectivity index (χ3v) is 3.81. The lowest BCUT2D eigenvalue weighted by molar-refractivity contribution is -0.254. The molecule has 0 aliphatic carbocycles. The molecule has 166 valence electrons. The third-order valence-electron chi connectivity index (χ3n) is 3.81. The molecule has 1 rings (SSSR count). The van der Waals surface area contributed by atoms with Gasteiger partial charge < -0.3 is 50.0 Å². The normalized spacial score (nSPS) is 28.2. The number of ether oxygens (including phenoxy) is 4. The van der Waals surface area contributed by atoms with Gasteiger partial charge in [-0.05, 0) is 20.8 Å². The highest BCUT2D eigenvalue weighted by molar-refractivity contribution is 5.67. The predicted octanol–water partition coefficient (Wildman–Crippen LogP) is -2.07. The Kier molecular flexibility index (Phi) is 11.2. The summed E-state index contributed by atoms with van der Waals surface area (Å²) in [4.78, 5) is 11.4. The van der Waals surface area contributed by atoms with Crippen LogP contribution in [0.4, 0.5) is 4.79 Å². The minimum Gasteiger partial charge on any atom is -0.444 e. The molecule has 6 N–H and O–H groups in total. The second-order valence-corrected chi connectivity index (χ2v) is 7.36. The van der Waals surface area contributed by atoms with Gasteiger partial charge in [-0.3, -0.25) is 0 Å². The lowest BCUT2D eigenvalue weighted by Gasteiger charge is -2.40. The molecular weight excluding hydrogens is 376 g/mol. The molecule has 0 aromatic heterocycles. The fraction of sp³-hybridized carbons (Fsp3) is 0.941. The molecule has 1 aliphatic rings. The van der Waals surface area contributed by atoms with E-state index in [0.29, 0.717) is 32.9 Å². The Hall–Kier alpha value is -1.05. The van der Waals surface area contributed by atoms with Crippen LogP contribution < -0.4 is 10.6 Å². The molecule has 1 unspecified atom stereocenters. The zero-order valence-corrected chi connectivity index (χ0v) is 16.7. The number of alkyl carbamates (subject to hydrolysis) is 1. The van der Waals surface area contributed by atoms with E-state index < -0.39 is 48.9 Å². The second kappa shape index (κ2) is 12.5. The van der Waals surface area contributed by atoms with E-state index in [-0.39, 0.29) is 6.61 Å². The van der Waals surface area contributed by atoms with Crippen molar-refractivity contribution in [2.45, 2.75) is 57.0 Å². The van der Waals surface area contributed by atoms with Gasteiger partial charge in [0.15, 0.2) is 6.29 Å². The summed E-state index contributed by atoms with van der Waals surface area (Å²) >= 11 is 0. The van der Waals surface area contributed by atoms with Gasteiger partial charge in [-0.1, -0.05) is 0 Å². The Morgan fingerprint density at radius 3 is 2.18 bits per heavy atom. The molecule has 0 aromatic carbocycles. The molecule has 1 saturated heterocycles. The molecule has 1 aliphatic heterocycles. The maximum Gasteiger partial charge on any atom is 0.407 e. The quantitative estimate of drug-likeness (QED) is 0.209. The van der Waals surface area contributed by atoms with Crippen molar-refractivity contribution in [3.8, 4) is 0 Å². The van der Waals surface area contributed by atoms with Crippen LogP contribution >= 0.6 is 0 Å². The molecule has 0 saturated carbocycles. The maximum atomic E-state index is 11.4. The summed E-state index contributed by atoms with van der Waals surface area (Å²) in [5, 5.41) is 44.0. The lowest BCUT2D eigenvalue weighted by Crippen LogP contribution is -2.63. The minimum atomic E-state index is -1.35. The van der Waals surface area contributed by atoms with Gasteiger partial charge in [-0.2, -0.15) is 0 Å². The van der Waals surface area contributed by atoms with Crippen molar-refractivity contribution in [2.75, 3.05) is 46.1 Å². The van der Waals surface area contributed by atoms with Crippen LogP contribution in [0.3, 0.4) is 0 Å². The van der Waals surface area contributed by atoms with Gasteiger partial charge in [-0.25, -0.2) is 4.79 Å². The van der Waals surface area contributed by atoms with Crippen molar-refractivity contribution in [1.82, 2.24) is 10.6 Å². The molecule has 11 nitrogen and oxygen atoms in total. The maximum absolute atomic E-state index is 11.4. The summed E-state index contributed by atoms with van der Waals surface area (Å²) in [6.45, 7) is 6.75. The average molecular weight is 410 g/mol. The van der Waals surface area contributed by atoms with Crippen molar-refractivity contribution in [3.05, 3.63) is 0 Å². The minimum absolute atomic E-state index is 0.287. The highest BCUT2D eigenvalue weighted by Gasteiger charge is 2.43. The molecule has 1 amide bonds. The van der Waals surface area contributed by atoms with Crippen molar-refractivity contribution in [3.63, 3.8) is 0 Å². The number of hydrogen-bond acceptors (Lipinski definition) is 10. The predicted molar refractivity (Wildman–Crippen MR) is 97.6 cm³/mol. The lowest BCUT2D eigenvalue weighted by atomic mass is 9.97. The smallest absolute Gasteiger partial charge is 0.407 e. The standard InChI is InChI=1S/C17H34N2O9/c1-17(2,3)28-16(24)19-5-7-26-9-8-25-6-4-18-12-14(22)13(21)11(10-20)27-15(12)23/h11-15,18,20-23H,4-10H2,1-3H3,(H,19,24)/t11-,12-,13-,14-,15?/m1/s1. The SMILES string of the molecule is CC(C)(C)OC(=O)NCCOCCOCCN[C@H]1C(O)O[C@H](CO)[C@@H](O)[C@@H]1O. The van der Waals surface area contributed by atoms with Crippen LogP contribution in [0.15, 0.2) is 0 Å². The number of amides is 1. The van der Waals surface area contributed by atoms with Gasteiger partial charge in [0.25, 0.3) is 0 Å². The Morgan fingerprint density at radius 1 is 1.00 bits per heavy atom. The van der Waals surface area contributed by atoms with Crippen LogP contribution in [0.25, 0.3) is 0 Å². The Labute approximate surface area is 164 Å². The van der Waals surface area contributed by atoms with Crippen molar-refractivity contribution in [1.29, 1.82) is 0 Å². The van der Waals surface area contributed by atoms with E-state index in [9.17, 15) is 20.1 Å². The first-order chi connectivity index (χ1) is 13.2. The van der Waals surface area contributed by atoms with E-state index in [1.165, 1.54) is 0 Å². The molecule has 11 heteroatoms. The molecule has 0 aromatic rings. The van der Waals surface area contributed by atoms with E-state index >= 15 is 0 Å². The highest BCUT2D eigenvalue weighted by atomic mass is 16.6. The van der Waals surface area contributed by atoms with E-state index in [1.54, 1.807) is 20.8 Å². The van der Waals surface area contributed by atoms with Crippen molar-refractivity contribution < 1.29 is 44.2 Å². The van der Waals surface area contributed by atoms with Gasteiger partial charge in [0.2, 0.25) is 0 Å². The largest absolute Gasteiger partial charge is 0.444 e.